The van der Waals surface area contributed by atoms with Crippen molar-refractivity contribution in [2.45, 2.75) is 0 Å². The maximum Gasteiger partial charge on any atom is 0.294 e. The Morgan fingerprint density at radius 2 is 2.12 bits per heavy atom. The highest BCUT2D eigenvalue weighted by Crippen LogP contribution is 2.22. The fourth-order valence-corrected chi connectivity index (χ4v) is 0.541. The first-order chi connectivity index (χ1) is 3.70. The van der Waals surface area contributed by atoms with Crippen molar-refractivity contribution in [2.24, 2.45) is 0 Å². The Morgan fingerprint density at radius 3 is 2.25 bits per heavy atom. The quantitative estimate of drug-likeness (QED) is 0.615. The van der Waals surface area contributed by atoms with E-state index in [0.29, 0.717) is 0 Å². The largest absolute Gasteiger partial charge is 0.410 e. The zero-order valence-electron chi connectivity index (χ0n) is 3.69. The van der Waals surface area contributed by atoms with Gasteiger partial charge in [0.2, 0.25) is 5.22 Å². The Balaban J connectivity index is 3.14. The molecule has 0 spiro atoms. The predicted molar refractivity (Wildman–Crippen MR) is 30.9 cm³/mol. The van der Waals surface area contributed by atoms with Gasteiger partial charge in [0.05, 0.1) is 0 Å². The van der Waals surface area contributed by atoms with E-state index in [1.807, 2.05) is 0 Å². The average molecular weight is 153 g/mol. The maximum absolute atomic E-state index is 5.31. The van der Waals surface area contributed by atoms with E-state index in [0.717, 1.165) is 0 Å². The van der Waals surface area contributed by atoms with E-state index in [-0.39, 0.29) is 16.4 Å². The van der Waals surface area contributed by atoms with Crippen LogP contribution in [0.1, 0.15) is 0 Å². The highest BCUT2D eigenvalue weighted by Gasteiger charge is 2.03. The van der Waals surface area contributed by atoms with Crippen LogP contribution in [-0.2, 0) is 0 Å². The lowest BCUT2D eigenvalue weighted by Crippen LogP contribution is -1.80. The van der Waals surface area contributed by atoms with Crippen LogP contribution in [0.15, 0.2) is 4.42 Å². The van der Waals surface area contributed by atoms with Crippen LogP contribution in [0.5, 0.6) is 0 Å². The third-order valence-corrected chi connectivity index (χ3v) is 1.17. The van der Waals surface area contributed by atoms with Gasteiger partial charge in [-0.15, -0.1) is 0 Å². The van der Waals surface area contributed by atoms with Crippen molar-refractivity contribution in [3.63, 3.8) is 0 Å². The molecule has 44 valence electrons. The molecule has 0 unspecified atom stereocenters. The van der Waals surface area contributed by atoms with Crippen LogP contribution in [0.3, 0.4) is 0 Å². The molecule has 0 aliphatic carbocycles. The number of anilines is 1. The highest BCUT2D eigenvalue weighted by molar-refractivity contribution is 6.40. The standard InChI is InChI=1S/C3H2Cl2N2O/c4-1-2(5)8-3(6)7-1/h(H2,6,7). The third kappa shape index (κ3) is 0.877. The Morgan fingerprint density at radius 1 is 1.50 bits per heavy atom. The lowest BCUT2D eigenvalue weighted by Gasteiger charge is -1.72. The van der Waals surface area contributed by atoms with Gasteiger partial charge in [-0.25, -0.2) is 0 Å². The third-order valence-electron chi connectivity index (χ3n) is 0.565. The van der Waals surface area contributed by atoms with Crippen molar-refractivity contribution in [2.75, 3.05) is 5.73 Å². The van der Waals surface area contributed by atoms with Crippen LogP contribution in [0.25, 0.3) is 0 Å². The van der Waals surface area contributed by atoms with E-state index < -0.39 is 0 Å². The Bertz CT molecular complexity index is 178. The van der Waals surface area contributed by atoms with E-state index in [1.165, 1.54) is 0 Å². The first-order valence-corrected chi connectivity index (χ1v) is 2.53. The molecule has 0 aliphatic rings. The molecule has 0 saturated heterocycles. The van der Waals surface area contributed by atoms with Gasteiger partial charge in [0.15, 0.2) is 5.15 Å². The number of hydrogen-bond donors (Lipinski definition) is 1. The van der Waals surface area contributed by atoms with Crippen LogP contribution >= 0.6 is 23.2 Å². The molecule has 1 aromatic rings. The molecule has 1 heterocycles. The predicted octanol–water partition coefficient (Wildman–Crippen LogP) is 1.56. The second-order valence-corrected chi connectivity index (χ2v) is 1.82. The van der Waals surface area contributed by atoms with Crippen LogP contribution < -0.4 is 5.73 Å². The van der Waals surface area contributed by atoms with E-state index in [2.05, 4.69) is 9.40 Å². The number of halogens is 2. The molecule has 0 bridgehead atoms. The van der Waals surface area contributed by atoms with E-state index in [1.54, 1.807) is 0 Å². The maximum atomic E-state index is 5.31. The summed E-state index contributed by atoms with van der Waals surface area (Å²) in [5.74, 6) is 0. The summed E-state index contributed by atoms with van der Waals surface area (Å²) in [6.45, 7) is 0. The van der Waals surface area contributed by atoms with Gasteiger partial charge in [-0.3, -0.25) is 0 Å². The van der Waals surface area contributed by atoms with Crippen molar-refractivity contribution in [3.05, 3.63) is 10.4 Å². The summed E-state index contributed by atoms with van der Waals surface area (Å²) >= 11 is 10.6. The van der Waals surface area contributed by atoms with E-state index in [4.69, 9.17) is 28.9 Å². The summed E-state index contributed by atoms with van der Waals surface area (Å²) in [5.41, 5.74) is 5.03. The second kappa shape index (κ2) is 1.84. The molecule has 1 aromatic heterocycles. The van der Waals surface area contributed by atoms with Gasteiger partial charge in [0.25, 0.3) is 6.01 Å². The van der Waals surface area contributed by atoms with Gasteiger partial charge in [0.1, 0.15) is 0 Å². The number of rotatable bonds is 0. The Labute approximate surface area is 55.4 Å². The number of oxazole rings is 1. The molecule has 0 aliphatic heterocycles. The van der Waals surface area contributed by atoms with E-state index in [9.17, 15) is 0 Å². The van der Waals surface area contributed by atoms with Gasteiger partial charge in [-0.05, 0) is 11.6 Å². The molecule has 0 fully saturated rings. The zero-order valence-corrected chi connectivity index (χ0v) is 5.20. The normalized spacial score (nSPS) is 9.75. The monoisotopic (exact) mass is 152 g/mol. The highest BCUT2D eigenvalue weighted by atomic mass is 35.5. The minimum Gasteiger partial charge on any atom is -0.410 e. The molecule has 8 heavy (non-hydrogen) atoms. The molecule has 0 saturated carbocycles. The molecule has 1 rings (SSSR count). The Hall–Kier alpha value is -0.410. The van der Waals surface area contributed by atoms with Crippen molar-refractivity contribution in [1.29, 1.82) is 0 Å². The number of nitrogen functional groups attached to an aromatic ring is 1. The SMILES string of the molecule is Nc1nc(Cl)c(Cl)o1. The van der Waals surface area contributed by atoms with Crippen molar-refractivity contribution < 1.29 is 4.42 Å². The van der Waals surface area contributed by atoms with E-state index >= 15 is 0 Å². The van der Waals surface area contributed by atoms with Gasteiger partial charge in [-0.1, -0.05) is 11.6 Å². The van der Waals surface area contributed by atoms with Crippen LogP contribution in [0.2, 0.25) is 10.4 Å². The van der Waals surface area contributed by atoms with Crippen molar-refractivity contribution >= 4 is 29.2 Å². The van der Waals surface area contributed by atoms with Gasteiger partial charge in [0, 0.05) is 0 Å². The van der Waals surface area contributed by atoms with Gasteiger partial charge < -0.3 is 10.2 Å². The van der Waals surface area contributed by atoms with Crippen molar-refractivity contribution in [1.82, 2.24) is 4.98 Å². The molecular formula is C3H2Cl2N2O. The van der Waals surface area contributed by atoms with Gasteiger partial charge in [-0.2, -0.15) is 4.98 Å². The summed E-state index contributed by atoms with van der Waals surface area (Å²) in [5, 5.41) is 0.133. The molecule has 3 nitrogen and oxygen atoms in total. The summed E-state index contributed by atoms with van der Waals surface area (Å²) in [4.78, 5) is 3.46. The Kier molecular flexibility index (Phi) is 1.31. The van der Waals surface area contributed by atoms with Crippen LogP contribution in [0.4, 0.5) is 6.01 Å². The summed E-state index contributed by atoms with van der Waals surface area (Å²) in [7, 11) is 0. The smallest absolute Gasteiger partial charge is 0.294 e. The molecule has 0 amide bonds. The molecule has 0 aromatic carbocycles. The lowest BCUT2D eigenvalue weighted by atomic mass is 11.0. The van der Waals surface area contributed by atoms with Crippen molar-refractivity contribution in [3.8, 4) is 0 Å². The second-order valence-electron chi connectivity index (χ2n) is 1.12. The first-order valence-electron chi connectivity index (χ1n) is 1.77. The summed E-state index contributed by atoms with van der Waals surface area (Å²) in [6.07, 6.45) is 0. The topological polar surface area (TPSA) is 52.0 Å². The van der Waals surface area contributed by atoms with Crippen LogP contribution in [-0.4, -0.2) is 4.98 Å². The molecule has 0 radical (unpaired) electrons. The average Bonchev–Trinajstić information content (AvgIpc) is 1.85. The van der Waals surface area contributed by atoms with Gasteiger partial charge >= 0.3 is 0 Å². The minimum atomic E-state index is -0.0139. The minimum absolute atomic E-state index is 0.0139. The molecule has 0 atom stereocenters. The summed E-state index contributed by atoms with van der Waals surface area (Å²) in [6, 6.07) is -0.0139. The number of hydrogen-bond acceptors (Lipinski definition) is 3. The molecule has 5 heteroatoms. The fourth-order valence-electron chi connectivity index (χ4n) is 0.297. The zero-order chi connectivity index (χ0) is 6.15. The summed E-state index contributed by atoms with van der Waals surface area (Å²) < 4.78 is 4.51. The molecular weight excluding hydrogens is 151 g/mol. The number of aromatic nitrogens is 1. The number of nitrogens with two attached hydrogens (primary N) is 1. The number of nitrogens with zero attached hydrogens (tertiary/aromatic N) is 1. The van der Waals surface area contributed by atoms with Crippen LogP contribution in [0, 0.1) is 0 Å². The fraction of sp³-hybridized carbons (Fsp3) is 0. The molecule has 2 N–H and O–H groups in total. The first kappa shape index (κ1) is 5.72. The lowest BCUT2D eigenvalue weighted by molar-refractivity contribution is 0.582.